The Hall–Kier alpha value is -3.42. The molecule has 0 fully saturated rings. The average molecular weight is 386 g/mol. The summed E-state index contributed by atoms with van der Waals surface area (Å²) in [7, 11) is 0. The van der Waals surface area contributed by atoms with Gasteiger partial charge in [0.1, 0.15) is 5.75 Å². The summed E-state index contributed by atoms with van der Waals surface area (Å²) in [5.41, 5.74) is 1.18. The highest BCUT2D eigenvalue weighted by Gasteiger charge is 2.13. The van der Waals surface area contributed by atoms with Crippen LogP contribution in [0, 0.1) is 23.0 Å². The van der Waals surface area contributed by atoms with E-state index in [9.17, 15) is 19.7 Å². The topological polar surface area (TPSA) is 108 Å². The first-order valence-electron chi connectivity index (χ1n) is 8.71. The normalized spacial score (nSPS) is 10.4. The zero-order chi connectivity index (χ0) is 20.7. The van der Waals surface area contributed by atoms with Gasteiger partial charge in [-0.25, -0.2) is 4.79 Å². The standard InChI is InChI=1S/C20H22N2O6/c1-13(2)11-27-17-7-4-15(5-8-17)20(24)28-12-19(23)21-18-9-6-16(22(25)26)10-14(18)3/h4-10,13H,11-12H2,1-3H3,(H,21,23). The highest BCUT2D eigenvalue weighted by molar-refractivity contribution is 5.96. The van der Waals surface area contributed by atoms with E-state index in [4.69, 9.17) is 9.47 Å². The van der Waals surface area contributed by atoms with E-state index >= 15 is 0 Å². The van der Waals surface area contributed by atoms with E-state index in [0.29, 0.717) is 35.1 Å². The van der Waals surface area contributed by atoms with Crippen molar-refractivity contribution in [1.29, 1.82) is 0 Å². The molecule has 0 aliphatic rings. The van der Waals surface area contributed by atoms with Crippen LogP contribution in [0.3, 0.4) is 0 Å². The van der Waals surface area contributed by atoms with Crippen LogP contribution in [0.15, 0.2) is 42.5 Å². The largest absolute Gasteiger partial charge is 0.493 e. The molecule has 0 atom stereocenters. The number of esters is 1. The van der Waals surface area contributed by atoms with Gasteiger partial charge in [0.05, 0.1) is 17.1 Å². The first kappa shape index (κ1) is 20.9. The van der Waals surface area contributed by atoms with Crippen LogP contribution >= 0.6 is 0 Å². The fourth-order valence-corrected chi connectivity index (χ4v) is 2.25. The van der Waals surface area contributed by atoms with Crippen molar-refractivity contribution in [2.24, 2.45) is 5.92 Å². The Bertz CT molecular complexity index is 861. The fraction of sp³-hybridized carbons (Fsp3) is 0.300. The Morgan fingerprint density at radius 2 is 1.82 bits per heavy atom. The van der Waals surface area contributed by atoms with Gasteiger partial charge in [-0.15, -0.1) is 0 Å². The molecule has 2 aromatic rings. The maximum Gasteiger partial charge on any atom is 0.338 e. The molecule has 8 nitrogen and oxygen atoms in total. The van der Waals surface area contributed by atoms with E-state index in [1.165, 1.54) is 18.2 Å². The molecule has 0 saturated carbocycles. The van der Waals surface area contributed by atoms with E-state index < -0.39 is 23.4 Å². The van der Waals surface area contributed by atoms with E-state index in [0.717, 1.165) is 0 Å². The van der Waals surface area contributed by atoms with Crippen LogP contribution < -0.4 is 10.1 Å². The minimum atomic E-state index is -0.633. The molecule has 0 radical (unpaired) electrons. The molecule has 0 saturated heterocycles. The van der Waals surface area contributed by atoms with Crippen molar-refractivity contribution in [3.63, 3.8) is 0 Å². The number of ether oxygens (including phenoxy) is 2. The van der Waals surface area contributed by atoms with Crippen molar-refractivity contribution >= 4 is 23.3 Å². The average Bonchev–Trinajstić information content (AvgIpc) is 2.66. The lowest BCUT2D eigenvalue weighted by atomic mass is 10.2. The Balaban J connectivity index is 1.87. The van der Waals surface area contributed by atoms with Crippen molar-refractivity contribution in [2.45, 2.75) is 20.8 Å². The highest BCUT2D eigenvalue weighted by atomic mass is 16.6. The third kappa shape index (κ3) is 6.08. The molecular formula is C20H22N2O6. The van der Waals surface area contributed by atoms with Gasteiger partial charge in [0.25, 0.3) is 11.6 Å². The lowest BCUT2D eigenvalue weighted by molar-refractivity contribution is -0.384. The summed E-state index contributed by atoms with van der Waals surface area (Å²) in [5, 5.41) is 13.3. The Kier molecular flexibility index (Phi) is 7.08. The van der Waals surface area contributed by atoms with Crippen LogP contribution in [0.5, 0.6) is 5.75 Å². The number of non-ortho nitro benzene ring substituents is 1. The first-order chi connectivity index (χ1) is 13.3. The van der Waals surface area contributed by atoms with Gasteiger partial charge >= 0.3 is 5.97 Å². The molecule has 0 aliphatic heterocycles. The number of nitrogens with one attached hydrogen (secondary N) is 1. The number of anilines is 1. The number of amides is 1. The Morgan fingerprint density at radius 3 is 2.39 bits per heavy atom. The fourth-order valence-electron chi connectivity index (χ4n) is 2.25. The molecule has 0 bridgehead atoms. The molecule has 0 aromatic heterocycles. The number of rotatable bonds is 8. The smallest absolute Gasteiger partial charge is 0.338 e. The van der Waals surface area contributed by atoms with Crippen LogP contribution in [-0.4, -0.2) is 30.0 Å². The van der Waals surface area contributed by atoms with Crippen LogP contribution in [0.2, 0.25) is 0 Å². The molecule has 0 unspecified atom stereocenters. The molecule has 0 spiro atoms. The van der Waals surface area contributed by atoms with Gasteiger partial charge in [0.15, 0.2) is 6.61 Å². The molecule has 1 amide bonds. The molecule has 2 rings (SSSR count). The number of carbonyl (C=O) groups is 2. The van der Waals surface area contributed by atoms with Crippen LogP contribution in [0.1, 0.15) is 29.8 Å². The number of nitro groups is 1. The maximum absolute atomic E-state index is 12.0. The van der Waals surface area contributed by atoms with Gasteiger partial charge in [-0.05, 0) is 48.7 Å². The summed E-state index contributed by atoms with van der Waals surface area (Å²) >= 11 is 0. The summed E-state index contributed by atoms with van der Waals surface area (Å²) in [5.74, 6) is -0.132. The molecular weight excluding hydrogens is 364 g/mol. The van der Waals surface area contributed by atoms with Gasteiger partial charge in [0, 0.05) is 17.8 Å². The number of nitrogens with zero attached hydrogens (tertiary/aromatic N) is 1. The van der Waals surface area contributed by atoms with Crippen LogP contribution in [-0.2, 0) is 9.53 Å². The maximum atomic E-state index is 12.0. The second kappa shape index (κ2) is 9.50. The van der Waals surface area contributed by atoms with E-state index in [2.05, 4.69) is 5.32 Å². The van der Waals surface area contributed by atoms with Gasteiger partial charge in [0.2, 0.25) is 0 Å². The number of nitro benzene ring substituents is 1. The van der Waals surface area contributed by atoms with Crippen molar-refractivity contribution in [3.05, 3.63) is 63.7 Å². The summed E-state index contributed by atoms with van der Waals surface area (Å²) in [4.78, 5) is 34.3. The van der Waals surface area contributed by atoms with Gasteiger partial charge in [-0.2, -0.15) is 0 Å². The lowest BCUT2D eigenvalue weighted by Gasteiger charge is -2.10. The summed E-state index contributed by atoms with van der Waals surface area (Å²) < 4.78 is 10.5. The number of benzene rings is 2. The van der Waals surface area contributed by atoms with E-state index in [1.807, 2.05) is 13.8 Å². The quantitative estimate of drug-likeness (QED) is 0.421. The molecule has 1 N–H and O–H groups in total. The van der Waals surface area contributed by atoms with Gasteiger partial charge < -0.3 is 14.8 Å². The SMILES string of the molecule is Cc1cc([N+](=O)[O-])ccc1NC(=O)COC(=O)c1ccc(OCC(C)C)cc1. The number of hydrogen-bond acceptors (Lipinski definition) is 6. The molecule has 148 valence electrons. The Labute approximate surface area is 162 Å². The van der Waals surface area contributed by atoms with Crippen molar-refractivity contribution < 1.29 is 24.0 Å². The molecule has 28 heavy (non-hydrogen) atoms. The zero-order valence-electron chi connectivity index (χ0n) is 15.9. The van der Waals surface area contributed by atoms with Crippen molar-refractivity contribution in [2.75, 3.05) is 18.5 Å². The predicted molar refractivity (Wildman–Crippen MR) is 104 cm³/mol. The van der Waals surface area contributed by atoms with E-state index in [1.54, 1.807) is 31.2 Å². The number of hydrogen-bond donors (Lipinski definition) is 1. The second-order valence-electron chi connectivity index (χ2n) is 6.61. The third-order valence-electron chi connectivity index (χ3n) is 3.70. The van der Waals surface area contributed by atoms with Gasteiger partial charge in [-0.1, -0.05) is 13.8 Å². The predicted octanol–water partition coefficient (Wildman–Crippen LogP) is 3.73. The van der Waals surface area contributed by atoms with Crippen molar-refractivity contribution in [1.82, 2.24) is 0 Å². The number of aryl methyl sites for hydroxylation is 1. The zero-order valence-corrected chi connectivity index (χ0v) is 15.9. The molecule has 0 aliphatic carbocycles. The van der Waals surface area contributed by atoms with Crippen molar-refractivity contribution in [3.8, 4) is 5.75 Å². The monoisotopic (exact) mass is 386 g/mol. The van der Waals surface area contributed by atoms with Gasteiger partial charge in [-0.3, -0.25) is 14.9 Å². The molecule has 0 heterocycles. The second-order valence-corrected chi connectivity index (χ2v) is 6.61. The molecule has 2 aromatic carbocycles. The highest BCUT2D eigenvalue weighted by Crippen LogP contribution is 2.21. The number of carbonyl (C=O) groups excluding carboxylic acids is 2. The summed E-state index contributed by atoms with van der Waals surface area (Å²) in [6.45, 7) is 5.81. The van der Waals surface area contributed by atoms with E-state index in [-0.39, 0.29) is 5.69 Å². The minimum absolute atomic E-state index is 0.0669. The molecule has 8 heteroatoms. The summed E-state index contributed by atoms with van der Waals surface area (Å²) in [6.07, 6.45) is 0. The Morgan fingerprint density at radius 1 is 1.14 bits per heavy atom. The van der Waals surface area contributed by atoms with Crippen LogP contribution in [0.25, 0.3) is 0 Å². The van der Waals surface area contributed by atoms with Crippen LogP contribution in [0.4, 0.5) is 11.4 Å². The lowest BCUT2D eigenvalue weighted by Crippen LogP contribution is -2.21. The third-order valence-corrected chi connectivity index (χ3v) is 3.70. The minimum Gasteiger partial charge on any atom is -0.493 e. The first-order valence-corrected chi connectivity index (χ1v) is 8.71. The summed E-state index contributed by atoms with van der Waals surface area (Å²) in [6, 6.07) is 10.5.